The molecular weight excluding hydrogens is 371 g/mol. The number of halogens is 2. The largest absolute Gasteiger partial charge is 0.339 e. The number of rotatable bonds is 5. The maximum absolute atomic E-state index is 13.2. The maximum atomic E-state index is 13.2. The fourth-order valence-corrected chi connectivity index (χ4v) is 2.42. The number of anilines is 3. The molecule has 0 atom stereocenters. The lowest BCUT2D eigenvalue weighted by Crippen LogP contribution is -2.14. The van der Waals surface area contributed by atoms with Gasteiger partial charge in [-0.25, -0.2) is 14.4 Å². The third-order valence-corrected chi connectivity index (χ3v) is 3.89. The van der Waals surface area contributed by atoms with Crippen LogP contribution >= 0.6 is 11.6 Å². The van der Waals surface area contributed by atoms with Crippen molar-refractivity contribution < 1.29 is 14.0 Å². The molecule has 0 fully saturated rings. The van der Waals surface area contributed by atoms with Crippen LogP contribution in [0.15, 0.2) is 54.9 Å². The van der Waals surface area contributed by atoms with E-state index in [2.05, 4.69) is 20.6 Å². The van der Waals surface area contributed by atoms with Crippen molar-refractivity contribution in [1.29, 1.82) is 0 Å². The van der Waals surface area contributed by atoms with Crippen molar-refractivity contribution in [2.75, 3.05) is 10.6 Å². The molecule has 3 aromatic rings. The molecule has 136 valence electrons. The monoisotopic (exact) mass is 384 g/mol. The molecule has 0 saturated carbocycles. The van der Waals surface area contributed by atoms with E-state index in [0.29, 0.717) is 22.8 Å². The number of nitrogens with zero attached hydrogens (tertiary/aromatic N) is 2. The number of carbonyl (C=O) groups excluding carboxylic acids is 2. The average molecular weight is 385 g/mol. The second kappa shape index (κ2) is 7.92. The minimum absolute atomic E-state index is 0.0438. The molecule has 0 bridgehead atoms. The molecule has 0 aliphatic carbocycles. The van der Waals surface area contributed by atoms with E-state index in [1.807, 2.05) is 0 Å². The molecule has 2 aromatic carbocycles. The molecule has 27 heavy (non-hydrogen) atoms. The molecule has 1 amide bonds. The maximum Gasteiger partial charge on any atom is 0.275 e. The van der Waals surface area contributed by atoms with Gasteiger partial charge in [0, 0.05) is 16.9 Å². The summed E-state index contributed by atoms with van der Waals surface area (Å²) in [4.78, 5) is 31.8. The summed E-state index contributed by atoms with van der Waals surface area (Å²) in [6, 6.07) is 10.8. The first-order valence-corrected chi connectivity index (χ1v) is 8.26. The highest BCUT2D eigenvalue weighted by Gasteiger charge is 2.10. The molecule has 2 N–H and O–H groups in total. The first-order valence-electron chi connectivity index (χ1n) is 7.89. The first-order chi connectivity index (χ1) is 12.9. The number of nitrogens with one attached hydrogen (secondary N) is 2. The number of hydrogen-bond donors (Lipinski definition) is 2. The van der Waals surface area contributed by atoms with Crippen molar-refractivity contribution in [2.24, 2.45) is 0 Å². The Bertz CT molecular complexity index is 1010. The predicted octanol–water partition coefficient (Wildman–Crippen LogP) is 4.47. The summed E-state index contributed by atoms with van der Waals surface area (Å²) < 4.78 is 13.2. The zero-order chi connectivity index (χ0) is 19.4. The predicted molar refractivity (Wildman–Crippen MR) is 101 cm³/mol. The molecular formula is C19H14ClFN4O2. The van der Waals surface area contributed by atoms with Crippen molar-refractivity contribution in [3.8, 4) is 0 Å². The summed E-state index contributed by atoms with van der Waals surface area (Å²) in [5, 5.41) is 5.49. The Hall–Kier alpha value is -3.32. The quantitative estimate of drug-likeness (QED) is 0.634. The van der Waals surface area contributed by atoms with Crippen molar-refractivity contribution in [2.45, 2.75) is 6.92 Å². The van der Waals surface area contributed by atoms with Crippen LogP contribution in [0.1, 0.15) is 27.8 Å². The summed E-state index contributed by atoms with van der Waals surface area (Å²) in [7, 11) is 0. The van der Waals surface area contributed by atoms with Crippen molar-refractivity contribution in [3.63, 3.8) is 0 Å². The van der Waals surface area contributed by atoms with Crippen LogP contribution in [0.2, 0.25) is 5.02 Å². The van der Waals surface area contributed by atoms with Gasteiger partial charge < -0.3 is 10.6 Å². The van der Waals surface area contributed by atoms with Crippen molar-refractivity contribution >= 4 is 40.5 Å². The highest BCUT2D eigenvalue weighted by Crippen LogP contribution is 2.20. The smallest absolute Gasteiger partial charge is 0.275 e. The average Bonchev–Trinajstić information content (AvgIpc) is 2.65. The van der Waals surface area contributed by atoms with E-state index in [9.17, 15) is 14.0 Å². The van der Waals surface area contributed by atoms with E-state index in [1.165, 1.54) is 31.5 Å². The standard InChI is InChI=1S/C19H14ClFN4O2/c1-11(26)12-3-2-4-13(7-12)24-18-10-22-17(9-23-18)19(27)25-14-5-6-16(21)15(20)8-14/h2-10H,1H3,(H,23,24)(H,25,27). The van der Waals surface area contributed by atoms with Gasteiger partial charge in [-0.1, -0.05) is 23.7 Å². The number of Topliss-reactive ketones (excluding diaryl/α,β-unsaturated/α-hetero) is 1. The molecule has 1 heterocycles. The zero-order valence-corrected chi connectivity index (χ0v) is 14.9. The Labute approximate surface area is 159 Å². The van der Waals surface area contributed by atoms with Crippen LogP contribution in [0.4, 0.5) is 21.6 Å². The number of ketones is 1. The van der Waals surface area contributed by atoms with E-state index >= 15 is 0 Å². The number of aromatic nitrogens is 2. The highest BCUT2D eigenvalue weighted by molar-refractivity contribution is 6.31. The van der Waals surface area contributed by atoms with Gasteiger partial charge in [-0.3, -0.25) is 9.59 Å². The lowest BCUT2D eigenvalue weighted by Gasteiger charge is -2.08. The second-order valence-corrected chi connectivity index (χ2v) is 6.04. The van der Waals surface area contributed by atoms with Crippen LogP contribution in [-0.4, -0.2) is 21.7 Å². The van der Waals surface area contributed by atoms with Gasteiger partial charge in [0.25, 0.3) is 5.91 Å². The van der Waals surface area contributed by atoms with Gasteiger partial charge in [0.15, 0.2) is 5.78 Å². The Morgan fingerprint density at radius 1 is 1.04 bits per heavy atom. The Balaban J connectivity index is 1.69. The van der Waals surface area contributed by atoms with Crippen LogP contribution < -0.4 is 10.6 Å². The van der Waals surface area contributed by atoms with E-state index < -0.39 is 11.7 Å². The molecule has 0 unspecified atom stereocenters. The van der Waals surface area contributed by atoms with Gasteiger partial charge in [-0.2, -0.15) is 0 Å². The summed E-state index contributed by atoms with van der Waals surface area (Å²) >= 11 is 5.69. The molecule has 6 nitrogen and oxygen atoms in total. The highest BCUT2D eigenvalue weighted by atomic mass is 35.5. The third-order valence-electron chi connectivity index (χ3n) is 3.60. The molecule has 0 aliphatic rings. The van der Waals surface area contributed by atoms with Gasteiger partial charge >= 0.3 is 0 Å². The molecule has 0 aliphatic heterocycles. The SMILES string of the molecule is CC(=O)c1cccc(Nc2cnc(C(=O)Nc3ccc(F)c(Cl)c3)cn2)c1. The fourth-order valence-electron chi connectivity index (χ4n) is 2.24. The summed E-state index contributed by atoms with van der Waals surface area (Å²) in [6.07, 6.45) is 2.70. The van der Waals surface area contributed by atoms with Crippen molar-refractivity contribution in [3.05, 3.63) is 77.0 Å². The fraction of sp³-hybridized carbons (Fsp3) is 0.0526. The normalized spacial score (nSPS) is 10.3. The Kier molecular flexibility index (Phi) is 5.42. The van der Waals surface area contributed by atoms with Crippen LogP contribution in [0.3, 0.4) is 0 Å². The van der Waals surface area contributed by atoms with E-state index in [0.717, 1.165) is 6.07 Å². The van der Waals surface area contributed by atoms with Crippen LogP contribution in [0.25, 0.3) is 0 Å². The minimum atomic E-state index is -0.571. The van der Waals surface area contributed by atoms with E-state index in [1.54, 1.807) is 24.3 Å². The van der Waals surface area contributed by atoms with E-state index in [-0.39, 0.29) is 16.5 Å². The molecule has 8 heteroatoms. The van der Waals surface area contributed by atoms with Gasteiger partial charge in [0.2, 0.25) is 0 Å². The second-order valence-electron chi connectivity index (χ2n) is 5.63. The van der Waals surface area contributed by atoms with E-state index in [4.69, 9.17) is 11.6 Å². The van der Waals surface area contributed by atoms with Gasteiger partial charge in [0.1, 0.15) is 17.3 Å². The summed E-state index contributed by atoms with van der Waals surface area (Å²) in [5.41, 5.74) is 1.67. The molecule has 0 radical (unpaired) electrons. The van der Waals surface area contributed by atoms with Crippen molar-refractivity contribution in [1.82, 2.24) is 9.97 Å². The van der Waals surface area contributed by atoms with Crippen LogP contribution in [-0.2, 0) is 0 Å². The number of carbonyl (C=O) groups is 2. The molecule has 3 rings (SSSR count). The van der Waals surface area contributed by atoms with Crippen LogP contribution in [0, 0.1) is 5.82 Å². The van der Waals surface area contributed by atoms with Gasteiger partial charge in [0.05, 0.1) is 17.4 Å². The lowest BCUT2D eigenvalue weighted by atomic mass is 10.1. The number of amides is 1. The number of benzene rings is 2. The van der Waals surface area contributed by atoms with Gasteiger partial charge in [-0.15, -0.1) is 0 Å². The summed E-state index contributed by atoms with van der Waals surface area (Å²) in [6.45, 7) is 1.49. The van der Waals surface area contributed by atoms with Gasteiger partial charge in [-0.05, 0) is 37.3 Å². The Morgan fingerprint density at radius 3 is 2.52 bits per heavy atom. The Morgan fingerprint density at radius 2 is 1.85 bits per heavy atom. The van der Waals surface area contributed by atoms with Crippen LogP contribution in [0.5, 0.6) is 0 Å². The summed E-state index contributed by atoms with van der Waals surface area (Å²) in [5.74, 6) is -0.705. The number of hydrogen-bond acceptors (Lipinski definition) is 5. The lowest BCUT2D eigenvalue weighted by molar-refractivity contribution is 0.101. The molecule has 1 aromatic heterocycles. The topological polar surface area (TPSA) is 84.0 Å². The minimum Gasteiger partial charge on any atom is -0.339 e. The zero-order valence-electron chi connectivity index (χ0n) is 14.2. The molecule has 0 spiro atoms. The third kappa shape index (κ3) is 4.65. The molecule has 0 saturated heterocycles. The first kappa shape index (κ1) is 18.5.